The zero-order valence-electron chi connectivity index (χ0n) is 23.4. The van der Waals surface area contributed by atoms with Crippen molar-refractivity contribution in [3.8, 4) is 0 Å². The first kappa shape index (κ1) is 34.9. The van der Waals surface area contributed by atoms with Gasteiger partial charge in [-0.15, -0.1) is 0 Å². The van der Waals surface area contributed by atoms with Crippen molar-refractivity contribution in [1.29, 1.82) is 0 Å². The molecule has 0 aliphatic rings. The van der Waals surface area contributed by atoms with Crippen molar-refractivity contribution in [2.24, 2.45) is 0 Å². The van der Waals surface area contributed by atoms with Gasteiger partial charge in [-0.05, 0) is 31.9 Å². The minimum Gasteiger partial charge on any atom is -0.304 e. The average Bonchev–Trinajstić information content (AvgIpc) is 2.87. The Morgan fingerprint density at radius 2 is 1.29 bits per heavy atom. The second kappa shape index (κ2) is 24.3. The van der Waals surface area contributed by atoms with Crippen molar-refractivity contribution < 1.29 is 28.2 Å². The molecule has 8 heteroatoms. The van der Waals surface area contributed by atoms with Crippen LogP contribution in [0.25, 0.3) is 0 Å². The van der Waals surface area contributed by atoms with Gasteiger partial charge in [0.15, 0.2) is 0 Å². The van der Waals surface area contributed by atoms with Crippen molar-refractivity contribution in [1.82, 2.24) is 0 Å². The summed E-state index contributed by atoms with van der Waals surface area (Å²) < 4.78 is 22.4. The van der Waals surface area contributed by atoms with Gasteiger partial charge in [0.25, 0.3) is 0 Å². The summed E-state index contributed by atoms with van der Waals surface area (Å²) in [5.41, 5.74) is -1.08. The molecule has 0 saturated carbocycles. The highest BCUT2D eigenvalue weighted by atomic mass is 32.2. The summed E-state index contributed by atoms with van der Waals surface area (Å²) in [5, 5.41) is 0.224. The molecule has 0 fully saturated rings. The topological polar surface area (TPSA) is 71.1 Å². The molecule has 0 bridgehead atoms. The molecule has 0 aromatic heterocycles. The van der Waals surface area contributed by atoms with E-state index in [1.54, 1.807) is 0 Å². The Hall–Kier alpha value is -0.0700. The van der Waals surface area contributed by atoms with Gasteiger partial charge in [-0.3, -0.25) is 4.89 Å². The summed E-state index contributed by atoms with van der Waals surface area (Å²) in [6.45, 7) is 8.43. The lowest BCUT2D eigenvalue weighted by Gasteiger charge is -2.23. The molecular formula is C27H55O6PS. The van der Waals surface area contributed by atoms with E-state index >= 15 is 0 Å². The highest BCUT2D eigenvalue weighted by molar-refractivity contribution is 7.99. The van der Waals surface area contributed by atoms with Crippen LogP contribution in [0.1, 0.15) is 137 Å². The molecule has 0 saturated heterocycles. The number of rotatable bonds is 26. The van der Waals surface area contributed by atoms with Gasteiger partial charge in [0.1, 0.15) is 6.10 Å². The number of carbonyl (C=O) groups is 1. The van der Waals surface area contributed by atoms with Crippen LogP contribution < -0.4 is 0 Å². The van der Waals surface area contributed by atoms with Gasteiger partial charge < -0.3 is 9.05 Å². The van der Waals surface area contributed by atoms with Crippen LogP contribution in [0.2, 0.25) is 0 Å². The fourth-order valence-corrected chi connectivity index (χ4v) is 6.08. The first-order valence-corrected chi connectivity index (χ1v) is 16.8. The third kappa shape index (κ3) is 18.8. The molecule has 0 spiro atoms. The third-order valence-electron chi connectivity index (χ3n) is 6.15. The minimum absolute atomic E-state index is 0.158. The van der Waals surface area contributed by atoms with Crippen molar-refractivity contribution in [3.63, 3.8) is 0 Å². The van der Waals surface area contributed by atoms with Crippen LogP contribution in [-0.4, -0.2) is 36.5 Å². The molecule has 0 rings (SSSR count). The Morgan fingerprint density at radius 1 is 0.771 bits per heavy atom. The highest BCUT2D eigenvalue weighted by Crippen LogP contribution is 2.49. The Kier molecular flexibility index (Phi) is 24.2. The molecule has 0 heterocycles. The van der Waals surface area contributed by atoms with E-state index in [1.165, 1.54) is 97.0 Å². The molecule has 0 amide bonds. The van der Waals surface area contributed by atoms with Crippen LogP contribution in [0.3, 0.4) is 0 Å². The molecule has 0 N–H and O–H groups in total. The van der Waals surface area contributed by atoms with E-state index in [0.29, 0.717) is 6.42 Å². The average molecular weight is 539 g/mol. The smallest absolute Gasteiger partial charge is 0.304 e. The SMILES string of the molecule is CCCCCCCCCCSC(CCCCCCCCC)C(C)OOC(=O)P(=O)(OC)OCCC. The van der Waals surface area contributed by atoms with E-state index in [-0.39, 0.29) is 18.0 Å². The Bertz CT molecular complexity index is 534. The largest absolute Gasteiger partial charge is 0.452 e. The molecule has 0 aliphatic heterocycles. The van der Waals surface area contributed by atoms with Gasteiger partial charge in [-0.25, -0.2) is 9.36 Å². The molecule has 3 unspecified atom stereocenters. The summed E-state index contributed by atoms with van der Waals surface area (Å²) in [7, 11) is -2.79. The molecular weight excluding hydrogens is 483 g/mol. The number of unbranched alkanes of at least 4 members (excludes halogenated alkanes) is 13. The van der Waals surface area contributed by atoms with Gasteiger partial charge in [-0.1, -0.05) is 111 Å². The molecule has 35 heavy (non-hydrogen) atoms. The summed E-state index contributed by atoms with van der Waals surface area (Å²) in [6.07, 6.45) is 20.6. The van der Waals surface area contributed by atoms with Crippen LogP contribution >= 0.6 is 19.4 Å². The number of hydrogen-bond donors (Lipinski definition) is 0. The summed E-state index contributed by atoms with van der Waals surface area (Å²) in [6, 6.07) is 0. The van der Waals surface area contributed by atoms with Crippen molar-refractivity contribution in [2.75, 3.05) is 19.5 Å². The Balaban J connectivity index is 4.51. The number of thioether (sulfide) groups is 1. The van der Waals surface area contributed by atoms with E-state index in [9.17, 15) is 9.36 Å². The molecule has 0 aromatic rings. The van der Waals surface area contributed by atoms with Gasteiger partial charge in [0.05, 0.1) is 6.61 Å². The lowest BCUT2D eigenvalue weighted by Crippen LogP contribution is -2.25. The second-order valence-electron chi connectivity index (χ2n) is 9.46. The predicted octanol–water partition coefficient (Wildman–Crippen LogP) is 10.1. The van der Waals surface area contributed by atoms with Crippen LogP contribution in [-0.2, 0) is 23.4 Å². The molecule has 0 aliphatic carbocycles. The van der Waals surface area contributed by atoms with E-state index in [4.69, 9.17) is 18.8 Å². The van der Waals surface area contributed by atoms with Crippen LogP contribution in [0, 0.1) is 0 Å². The highest BCUT2D eigenvalue weighted by Gasteiger charge is 2.37. The van der Waals surface area contributed by atoms with Gasteiger partial charge in [0, 0.05) is 12.4 Å². The van der Waals surface area contributed by atoms with E-state index < -0.39 is 13.3 Å². The van der Waals surface area contributed by atoms with E-state index in [0.717, 1.165) is 18.6 Å². The van der Waals surface area contributed by atoms with Gasteiger partial charge in [0.2, 0.25) is 0 Å². The zero-order valence-corrected chi connectivity index (χ0v) is 25.1. The first-order valence-electron chi connectivity index (χ1n) is 14.2. The quantitative estimate of drug-likeness (QED) is 0.0469. The monoisotopic (exact) mass is 538 g/mol. The third-order valence-corrected chi connectivity index (χ3v) is 9.24. The molecule has 0 radical (unpaired) electrons. The van der Waals surface area contributed by atoms with Crippen molar-refractivity contribution in [2.45, 2.75) is 148 Å². The first-order chi connectivity index (χ1) is 16.9. The number of carbonyl (C=O) groups excluding carboxylic acids is 1. The van der Waals surface area contributed by atoms with Crippen molar-refractivity contribution in [3.05, 3.63) is 0 Å². The standard InChI is InChI=1S/C27H55O6PS/c1-6-9-11-13-15-17-19-21-24-35-26(22-20-18-16-14-12-10-7-2)25(4)32-33-27(28)34(29,30-5)31-23-8-3/h25-26H,6-24H2,1-5H3. The fourth-order valence-electron chi connectivity index (χ4n) is 3.84. The lowest BCUT2D eigenvalue weighted by atomic mass is 10.1. The summed E-state index contributed by atoms with van der Waals surface area (Å²) in [5.74, 6) is 1.08. The maximum Gasteiger partial charge on any atom is 0.452 e. The minimum atomic E-state index is -3.97. The summed E-state index contributed by atoms with van der Waals surface area (Å²) >= 11 is 1.90. The van der Waals surface area contributed by atoms with Crippen LogP contribution in [0.15, 0.2) is 0 Å². The lowest BCUT2D eigenvalue weighted by molar-refractivity contribution is -0.262. The molecule has 6 nitrogen and oxygen atoms in total. The Labute approximate surface area is 220 Å². The van der Waals surface area contributed by atoms with Crippen molar-refractivity contribution >= 4 is 25.1 Å². The zero-order chi connectivity index (χ0) is 26.2. The molecule has 0 aromatic carbocycles. The predicted molar refractivity (Wildman–Crippen MR) is 149 cm³/mol. The summed E-state index contributed by atoms with van der Waals surface area (Å²) in [4.78, 5) is 22.6. The number of hydrogen-bond acceptors (Lipinski definition) is 7. The molecule has 210 valence electrons. The normalized spacial score (nSPS) is 15.0. The molecule has 3 atom stereocenters. The second-order valence-corrected chi connectivity index (χ2v) is 12.8. The Morgan fingerprint density at radius 3 is 1.80 bits per heavy atom. The maximum atomic E-state index is 12.5. The maximum absolute atomic E-state index is 12.5. The van der Waals surface area contributed by atoms with E-state index in [1.807, 2.05) is 25.6 Å². The van der Waals surface area contributed by atoms with E-state index in [2.05, 4.69) is 13.8 Å². The fraction of sp³-hybridized carbons (Fsp3) is 0.963. The van der Waals surface area contributed by atoms with Gasteiger partial charge >= 0.3 is 13.3 Å². The van der Waals surface area contributed by atoms with Crippen LogP contribution in [0.4, 0.5) is 4.79 Å². The van der Waals surface area contributed by atoms with Gasteiger partial charge in [-0.2, -0.15) is 16.6 Å². The van der Waals surface area contributed by atoms with Crippen LogP contribution in [0.5, 0.6) is 0 Å².